The summed E-state index contributed by atoms with van der Waals surface area (Å²) in [6.07, 6.45) is -9.45. The van der Waals surface area contributed by atoms with Gasteiger partial charge in [-0.15, -0.1) is 0 Å². The highest BCUT2D eigenvalue weighted by Crippen LogP contribution is 2.46. The molecule has 0 heterocycles. The summed E-state index contributed by atoms with van der Waals surface area (Å²) in [6, 6.07) is 16.8. The van der Waals surface area contributed by atoms with E-state index in [0.717, 1.165) is 29.2 Å². The fraction of sp³-hybridized carbons (Fsp3) is 0.100. The average Bonchev–Trinajstić information content (AvgIpc) is 2.62. The third-order valence-corrected chi connectivity index (χ3v) is 3.92. The lowest BCUT2D eigenvalue weighted by atomic mass is 10.1. The minimum absolute atomic E-state index is 0.186. The summed E-state index contributed by atoms with van der Waals surface area (Å²) in [6.45, 7) is 0. The molecule has 0 aliphatic carbocycles. The third kappa shape index (κ3) is 3.92. The Morgan fingerprint density at radius 3 is 1.26 bits per heavy atom. The Bertz CT molecular complexity index is 858. The van der Waals surface area contributed by atoms with Gasteiger partial charge in [-0.25, -0.2) is 0 Å². The largest absolute Gasteiger partial charge is 0.418 e. The molecular weight excluding hydrogens is 368 g/mol. The van der Waals surface area contributed by atoms with Crippen molar-refractivity contribution < 1.29 is 26.3 Å². The van der Waals surface area contributed by atoms with E-state index in [0.29, 0.717) is 0 Å². The zero-order valence-corrected chi connectivity index (χ0v) is 13.7. The molecule has 0 unspecified atom stereocenters. The quantitative estimate of drug-likeness (QED) is 0.434. The number of anilines is 3. The molecule has 3 rings (SSSR count). The predicted molar refractivity (Wildman–Crippen MR) is 91.1 cm³/mol. The fourth-order valence-electron chi connectivity index (χ4n) is 2.80. The van der Waals surface area contributed by atoms with Crippen LogP contribution in [-0.4, -0.2) is 0 Å². The number of rotatable bonds is 3. The van der Waals surface area contributed by atoms with Crippen LogP contribution in [0.2, 0.25) is 0 Å². The molecule has 7 heteroatoms. The van der Waals surface area contributed by atoms with Gasteiger partial charge in [0.1, 0.15) is 0 Å². The lowest BCUT2D eigenvalue weighted by molar-refractivity contribution is -0.137. The van der Waals surface area contributed by atoms with Crippen molar-refractivity contribution >= 4 is 17.1 Å². The molecule has 3 aromatic rings. The van der Waals surface area contributed by atoms with E-state index >= 15 is 0 Å². The monoisotopic (exact) mass is 381 g/mol. The van der Waals surface area contributed by atoms with Gasteiger partial charge in [0.05, 0.1) is 22.5 Å². The smallest absolute Gasteiger partial charge is 0.309 e. The fourth-order valence-corrected chi connectivity index (χ4v) is 2.80. The summed E-state index contributed by atoms with van der Waals surface area (Å²) < 4.78 is 81.2. The van der Waals surface area contributed by atoms with Crippen LogP contribution in [0.25, 0.3) is 0 Å². The number of para-hydroxylation sites is 3. The van der Waals surface area contributed by atoms with Gasteiger partial charge >= 0.3 is 12.4 Å². The van der Waals surface area contributed by atoms with E-state index in [1.807, 2.05) is 0 Å². The molecule has 0 bridgehead atoms. The van der Waals surface area contributed by atoms with E-state index in [9.17, 15) is 26.3 Å². The summed E-state index contributed by atoms with van der Waals surface area (Å²) in [4.78, 5) is 0.978. The minimum atomic E-state index is -4.73. The Labute approximate surface area is 151 Å². The van der Waals surface area contributed by atoms with Crippen molar-refractivity contribution in [3.05, 3.63) is 90.0 Å². The van der Waals surface area contributed by atoms with Crippen LogP contribution < -0.4 is 4.90 Å². The van der Waals surface area contributed by atoms with Gasteiger partial charge in [0, 0.05) is 5.69 Å². The first-order valence-electron chi connectivity index (χ1n) is 7.87. The molecule has 3 aromatic carbocycles. The summed E-state index contributed by atoms with van der Waals surface area (Å²) in [5.41, 5.74) is -2.62. The highest BCUT2D eigenvalue weighted by Gasteiger charge is 2.38. The number of benzene rings is 3. The third-order valence-electron chi connectivity index (χ3n) is 3.92. The minimum Gasteiger partial charge on any atom is -0.309 e. The number of hydrogen-bond acceptors (Lipinski definition) is 1. The molecule has 0 fully saturated rings. The maximum atomic E-state index is 13.5. The van der Waals surface area contributed by atoms with Crippen molar-refractivity contribution in [3.8, 4) is 0 Å². The molecule has 0 N–H and O–H groups in total. The second-order valence-electron chi connectivity index (χ2n) is 5.70. The summed E-state index contributed by atoms with van der Waals surface area (Å²) >= 11 is 0. The molecule has 0 aliphatic heterocycles. The van der Waals surface area contributed by atoms with E-state index in [4.69, 9.17) is 0 Å². The first-order valence-corrected chi connectivity index (χ1v) is 7.87. The molecule has 0 aliphatic rings. The molecule has 0 saturated heterocycles. The summed E-state index contributed by atoms with van der Waals surface area (Å²) in [7, 11) is 0. The van der Waals surface area contributed by atoms with Gasteiger partial charge < -0.3 is 4.90 Å². The van der Waals surface area contributed by atoms with E-state index in [1.54, 1.807) is 18.2 Å². The first-order chi connectivity index (χ1) is 12.7. The van der Waals surface area contributed by atoms with Gasteiger partial charge in [0.15, 0.2) is 0 Å². The van der Waals surface area contributed by atoms with Crippen LogP contribution in [0.3, 0.4) is 0 Å². The zero-order valence-electron chi connectivity index (χ0n) is 13.7. The maximum absolute atomic E-state index is 13.5. The van der Waals surface area contributed by atoms with E-state index in [1.165, 1.54) is 36.4 Å². The molecule has 27 heavy (non-hydrogen) atoms. The number of alkyl halides is 6. The van der Waals surface area contributed by atoms with Gasteiger partial charge in [0.2, 0.25) is 0 Å². The second kappa shape index (κ2) is 6.98. The average molecular weight is 381 g/mol. The molecule has 0 amide bonds. The molecule has 0 atom stereocenters. The Hall–Kier alpha value is -2.96. The van der Waals surface area contributed by atoms with Crippen molar-refractivity contribution in [1.29, 1.82) is 0 Å². The predicted octanol–water partition coefficient (Wildman–Crippen LogP) is 7.19. The summed E-state index contributed by atoms with van der Waals surface area (Å²) in [5, 5.41) is 0. The van der Waals surface area contributed by atoms with Gasteiger partial charge in [-0.3, -0.25) is 0 Å². The van der Waals surface area contributed by atoms with Gasteiger partial charge in [-0.05, 0) is 36.4 Å². The Morgan fingerprint density at radius 2 is 0.852 bits per heavy atom. The Balaban J connectivity index is 2.32. The normalized spacial score (nSPS) is 12.1. The van der Waals surface area contributed by atoms with Gasteiger partial charge in [0.25, 0.3) is 0 Å². The molecule has 0 spiro atoms. The Morgan fingerprint density at radius 1 is 0.481 bits per heavy atom. The molecule has 1 nitrogen and oxygen atoms in total. The van der Waals surface area contributed by atoms with Crippen molar-refractivity contribution in [2.45, 2.75) is 12.4 Å². The van der Waals surface area contributed by atoms with Gasteiger partial charge in [-0.2, -0.15) is 26.3 Å². The highest BCUT2D eigenvalue weighted by atomic mass is 19.4. The van der Waals surface area contributed by atoms with Crippen molar-refractivity contribution in [2.24, 2.45) is 0 Å². The maximum Gasteiger partial charge on any atom is 0.418 e. The highest BCUT2D eigenvalue weighted by molar-refractivity contribution is 5.80. The Kier molecular flexibility index (Phi) is 4.87. The molecular formula is C20H13F6N. The van der Waals surface area contributed by atoms with Crippen molar-refractivity contribution in [3.63, 3.8) is 0 Å². The van der Waals surface area contributed by atoms with Crippen LogP contribution in [0.5, 0.6) is 0 Å². The SMILES string of the molecule is FC(F)(F)c1ccccc1N(c1ccccc1)c1ccccc1C(F)(F)F. The molecule has 140 valence electrons. The van der Waals surface area contributed by atoms with E-state index in [-0.39, 0.29) is 17.1 Å². The number of halogens is 6. The van der Waals surface area contributed by atoms with Crippen LogP contribution in [0.15, 0.2) is 78.9 Å². The second-order valence-corrected chi connectivity index (χ2v) is 5.70. The number of nitrogens with zero attached hydrogens (tertiary/aromatic N) is 1. The lowest BCUT2D eigenvalue weighted by Gasteiger charge is -2.30. The van der Waals surface area contributed by atoms with Crippen LogP contribution in [0.4, 0.5) is 43.4 Å². The number of hydrogen-bond donors (Lipinski definition) is 0. The van der Waals surface area contributed by atoms with Crippen LogP contribution >= 0.6 is 0 Å². The summed E-state index contributed by atoms with van der Waals surface area (Å²) in [5.74, 6) is 0. The lowest BCUT2D eigenvalue weighted by Crippen LogP contribution is -2.20. The molecule has 0 aromatic heterocycles. The van der Waals surface area contributed by atoms with Crippen LogP contribution in [-0.2, 0) is 12.4 Å². The van der Waals surface area contributed by atoms with Crippen LogP contribution in [0, 0.1) is 0 Å². The zero-order chi connectivity index (χ0) is 19.7. The van der Waals surface area contributed by atoms with Crippen LogP contribution in [0.1, 0.15) is 11.1 Å². The van der Waals surface area contributed by atoms with Gasteiger partial charge in [-0.1, -0.05) is 42.5 Å². The van der Waals surface area contributed by atoms with E-state index in [2.05, 4.69) is 0 Å². The molecule has 0 saturated carbocycles. The van der Waals surface area contributed by atoms with E-state index < -0.39 is 23.5 Å². The topological polar surface area (TPSA) is 3.24 Å². The van der Waals surface area contributed by atoms with Crippen molar-refractivity contribution in [1.82, 2.24) is 0 Å². The van der Waals surface area contributed by atoms with Crippen molar-refractivity contribution in [2.75, 3.05) is 4.90 Å². The first kappa shape index (κ1) is 18.8. The molecule has 0 radical (unpaired) electrons. The standard InChI is InChI=1S/C20H13F6N/c21-19(22,23)15-10-4-6-12-17(15)27(14-8-2-1-3-9-14)18-13-7-5-11-16(18)20(24,25)26/h1-13H.